The van der Waals surface area contributed by atoms with Gasteiger partial charge in [0.25, 0.3) is 0 Å². The van der Waals surface area contributed by atoms with Crippen molar-refractivity contribution in [2.75, 3.05) is 0 Å². The molecule has 1 aromatic rings. The van der Waals surface area contributed by atoms with E-state index >= 15 is 0 Å². The third kappa shape index (κ3) is 4.34. The smallest absolute Gasteiger partial charge is 0.157 e. The van der Waals surface area contributed by atoms with Gasteiger partial charge in [-0.2, -0.15) is 5.26 Å². The minimum Gasteiger partial charge on any atom is -0.393 e. The molecule has 1 aromatic carbocycles. The third-order valence-electron chi connectivity index (χ3n) is 6.35. The number of hydrogen-bond donors (Lipinski definition) is 2. The first kappa shape index (κ1) is 20.3. The fourth-order valence-corrected chi connectivity index (χ4v) is 4.80. The van der Waals surface area contributed by atoms with Crippen LogP contribution in [-0.2, 0) is 16.6 Å². The third-order valence-corrected chi connectivity index (χ3v) is 6.35. The van der Waals surface area contributed by atoms with Crippen LogP contribution in [0.4, 0.5) is 4.39 Å². The Kier molecular flexibility index (Phi) is 5.90. The molecule has 3 atom stereocenters. The van der Waals surface area contributed by atoms with Crippen molar-refractivity contribution in [2.24, 2.45) is 5.92 Å². The quantitative estimate of drug-likeness (QED) is 0.816. The van der Waals surface area contributed by atoms with E-state index in [1.807, 2.05) is 6.07 Å². The summed E-state index contributed by atoms with van der Waals surface area (Å²) in [7, 11) is 0. The molecule has 0 spiro atoms. The number of nitrogens with zero attached hydrogens (tertiary/aromatic N) is 1. The summed E-state index contributed by atoms with van der Waals surface area (Å²) in [6.45, 7) is 3.41. The molecule has 1 aliphatic heterocycles. The Hall–Kier alpha value is -1.48. The van der Waals surface area contributed by atoms with Crippen molar-refractivity contribution in [3.05, 3.63) is 35.1 Å². The van der Waals surface area contributed by atoms with Crippen molar-refractivity contribution in [3.63, 3.8) is 0 Å². The first-order valence-corrected chi connectivity index (χ1v) is 10.00. The van der Waals surface area contributed by atoms with E-state index < -0.39 is 23.4 Å². The van der Waals surface area contributed by atoms with Crippen molar-refractivity contribution in [3.8, 4) is 6.07 Å². The van der Waals surface area contributed by atoms with E-state index in [0.717, 1.165) is 31.2 Å². The Morgan fingerprint density at radius 2 is 2.00 bits per heavy atom. The molecule has 27 heavy (non-hydrogen) atoms. The second kappa shape index (κ2) is 7.87. The number of ether oxygens (including phenoxy) is 1. The molecular weight excluding hydrogens is 345 g/mol. The number of aliphatic hydroxyl groups excluding tert-OH is 2. The number of aryl methyl sites for hydroxylation is 1. The van der Waals surface area contributed by atoms with Gasteiger partial charge < -0.3 is 14.9 Å². The fourth-order valence-electron chi connectivity index (χ4n) is 4.80. The molecule has 1 aliphatic carbocycles. The van der Waals surface area contributed by atoms with E-state index in [9.17, 15) is 19.9 Å². The van der Waals surface area contributed by atoms with Crippen molar-refractivity contribution in [1.29, 1.82) is 5.26 Å². The van der Waals surface area contributed by atoms with Gasteiger partial charge in [0.1, 0.15) is 5.82 Å². The highest BCUT2D eigenvalue weighted by molar-refractivity contribution is 5.34. The maximum absolute atomic E-state index is 14.6. The van der Waals surface area contributed by atoms with Crippen LogP contribution in [0.25, 0.3) is 0 Å². The first-order valence-electron chi connectivity index (χ1n) is 10.00. The van der Waals surface area contributed by atoms with Crippen LogP contribution in [0.2, 0.25) is 0 Å². The maximum atomic E-state index is 14.6. The highest BCUT2D eigenvalue weighted by atomic mass is 19.1. The topological polar surface area (TPSA) is 73.5 Å². The van der Waals surface area contributed by atoms with Crippen LogP contribution >= 0.6 is 0 Å². The lowest BCUT2D eigenvalue weighted by molar-refractivity contribution is -0.256. The Morgan fingerprint density at radius 3 is 2.59 bits per heavy atom. The van der Waals surface area contributed by atoms with Crippen LogP contribution in [0.1, 0.15) is 69.9 Å². The molecule has 5 heteroatoms. The molecule has 2 aliphatic rings. The minimum atomic E-state index is -0.940. The number of hydrogen-bond acceptors (Lipinski definition) is 4. The summed E-state index contributed by atoms with van der Waals surface area (Å²) in [6, 6.07) is 7.21. The molecule has 0 aromatic heterocycles. The lowest BCUT2D eigenvalue weighted by atomic mass is 9.75. The monoisotopic (exact) mass is 375 g/mol. The number of aliphatic hydroxyl groups is 2. The second-order valence-electron chi connectivity index (χ2n) is 8.76. The van der Waals surface area contributed by atoms with E-state index in [1.165, 1.54) is 6.07 Å². The molecule has 3 unspecified atom stereocenters. The molecule has 0 radical (unpaired) electrons. The predicted molar refractivity (Wildman–Crippen MR) is 100 cm³/mol. The van der Waals surface area contributed by atoms with Gasteiger partial charge >= 0.3 is 0 Å². The van der Waals surface area contributed by atoms with Crippen molar-refractivity contribution >= 4 is 0 Å². The van der Waals surface area contributed by atoms with Crippen LogP contribution in [0.5, 0.6) is 0 Å². The maximum Gasteiger partial charge on any atom is 0.157 e. The normalized spacial score (nSPS) is 29.6. The molecule has 148 valence electrons. The number of benzene rings is 1. The van der Waals surface area contributed by atoms with Crippen LogP contribution in [-0.4, -0.2) is 28.2 Å². The Labute approximate surface area is 161 Å². The van der Waals surface area contributed by atoms with Gasteiger partial charge in [-0.05, 0) is 57.1 Å². The summed E-state index contributed by atoms with van der Waals surface area (Å²) >= 11 is 0. The summed E-state index contributed by atoms with van der Waals surface area (Å²) in [5, 5.41) is 29.6. The van der Waals surface area contributed by atoms with Crippen molar-refractivity contribution < 1.29 is 19.3 Å². The van der Waals surface area contributed by atoms with E-state index in [4.69, 9.17) is 4.74 Å². The van der Waals surface area contributed by atoms with Gasteiger partial charge in [0.05, 0.1) is 23.2 Å². The number of halogens is 1. The summed E-state index contributed by atoms with van der Waals surface area (Å²) in [4.78, 5) is 0. The summed E-state index contributed by atoms with van der Waals surface area (Å²) < 4.78 is 20.6. The molecule has 2 N–H and O–H groups in total. The van der Waals surface area contributed by atoms with Crippen molar-refractivity contribution in [1.82, 2.24) is 0 Å². The molecule has 1 saturated carbocycles. The molecule has 0 amide bonds. The Bertz CT molecular complexity index is 696. The van der Waals surface area contributed by atoms with Gasteiger partial charge in [0.15, 0.2) is 6.29 Å². The predicted octanol–water partition coefficient (Wildman–Crippen LogP) is 3.98. The van der Waals surface area contributed by atoms with Crippen LogP contribution < -0.4 is 0 Å². The second-order valence-corrected chi connectivity index (χ2v) is 8.76. The molecule has 1 saturated heterocycles. The molecule has 2 fully saturated rings. The standard InChI is InChI=1S/C22H30FNO3/c1-21(2,14-24)18-8-7-15(11-19(18)23)9-10-22(16-5-3-4-6-16)13-17(25)12-20(26)27-22/h7-8,11,16-17,20,25-26H,3-6,9-10,12-13H2,1-2H3. The van der Waals surface area contributed by atoms with Gasteiger partial charge in [-0.25, -0.2) is 4.39 Å². The van der Waals surface area contributed by atoms with E-state index in [2.05, 4.69) is 6.07 Å². The van der Waals surface area contributed by atoms with Gasteiger partial charge in [-0.15, -0.1) is 0 Å². The fraction of sp³-hybridized carbons (Fsp3) is 0.682. The van der Waals surface area contributed by atoms with Gasteiger partial charge in [-0.3, -0.25) is 0 Å². The van der Waals surface area contributed by atoms with Crippen molar-refractivity contribution in [2.45, 2.75) is 88.6 Å². The summed E-state index contributed by atoms with van der Waals surface area (Å²) in [5.41, 5.74) is -0.164. The molecule has 0 bridgehead atoms. The molecule has 4 nitrogen and oxygen atoms in total. The zero-order chi connectivity index (χ0) is 19.7. The van der Waals surface area contributed by atoms with Gasteiger partial charge in [0, 0.05) is 18.4 Å². The average Bonchev–Trinajstić information content (AvgIpc) is 3.14. The van der Waals surface area contributed by atoms with Gasteiger partial charge in [0.2, 0.25) is 0 Å². The lowest BCUT2D eigenvalue weighted by Crippen LogP contribution is -2.50. The molecule has 3 rings (SSSR count). The summed E-state index contributed by atoms with van der Waals surface area (Å²) in [6.07, 6.45) is 4.91. The number of nitriles is 1. The lowest BCUT2D eigenvalue weighted by Gasteiger charge is -2.46. The summed E-state index contributed by atoms with van der Waals surface area (Å²) in [5.74, 6) is -0.0395. The highest BCUT2D eigenvalue weighted by Crippen LogP contribution is 2.45. The molecule has 1 heterocycles. The number of rotatable bonds is 5. The molecular formula is C22H30FNO3. The average molecular weight is 375 g/mol. The van der Waals surface area contributed by atoms with E-state index in [1.54, 1.807) is 19.9 Å². The zero-order valence-electron chi connectivity index (χ0n) is 16.2. The Morgan fingerprint density at radius 1 is 1.30 bits per heavy atom. The highest BCUT2D eigenvalue weighted by Gasteiger charge is 2.46. The van der Waals surface area contributed by atoms with E-state index in [-0.39, 0.29) is 12.2 Å². The Balaban J connectivity index is 1.78. The SMILES string of the molecule is CC(C)(C#N)c1ccc(CCC2(C3CCCC3)CC(O)CC(O)O2)cc1F. The zero-order valence-corrected chi connectivity index (χ0v) is 16.2. The minimum absolute atomic E-state index is 0.251. The van der Waals surface area contributed by atoms with Gasteiger partial charge in [-0.1, -0.05) is 25.0 Å². The van der Waals surface area contributed by atoms with Crippen LogP contribution in [0.15, 0.2) is 18.2 Å². The van der Waals surface area contributed by atoms with Crippen LogP contribution in [0, 0.1) is 23.1 Å². The van der Waals surface area contributed by atoms with E-state index in [0.29, 0.717) is 30.7 Å². The first-order chi connectivity index (χ1) is 12.8. The van der Waals surface area contributed by atoms with Crippen LogP contribution in [0.3, 0.4) is 0 Å². The largest absolute Gasteiger partial charge is 0.393 e.